The summed E-state index contributed by atoms with van der Waals surface area (Å²) < 4.78 is 33.7. The number of imidazole rings is 1. The second kappa shape index (κ2) is 11.9. The molecule has 1 unspecified atom stereocenters. The highest BCUT2D eigenvalue weighted by Gasteiger charge is 2.31. The fourth-order valence-electron chi connectivity index (χ4n) is 4.23. The zero-order valence-electron chi connectivity index (χ0n) is 21.9. The maximum Gasteiger partial charge on any atom is 0.379 e. The van der Waals surface area contributed by atoms with Gasteiger partial charge in [-0.2, -0.15) is 0 Å². The number of carbonyl (C=O) groups is 1. The highest BCUT2D eigenvalue weighted by Crippen LogP contribution is 2.50. The van der Waals surface area contributed by atoms with E-state index in [4.69, 9.17) is 30.2 Å². The Morgan fingerprint density at radius 3 is 2.50 bits per heavy atom. The third kappa shape index (κ3) is 6.32. The zero-order valence-corrected chi connectivity index (χ0v) is 22.8. The summed E-state index contributed by atoms with van der Waals surface area (Å²) in [7, 11) is -3.67. The van der Waals surface area contributed by atoms with E-state index in [1.807, 2.05) is 48.7 Å². The lowest BCUT2D eigenvalue weighted by molar-refractivity contribution is -0.121. The van der Waals surface area contributed by atoms with Crippen LogP contribution in [0.1, 0.15) is 33.0 Å². The van der Waals surface area contributed by atoms with E-state index in [1.54, 1.807) is 31.2 Å². The van der Waals surface area contributed by atoms with Crippen LogP contribution in [0.4, 0.5) is 5.82 Å². The van der Waals surface area contributed by atoms with Crippen molar-refractivity contribution >= 4 is 41.3 Å². The molecule has 11 heteroatoms. The zero-order chi connectivity index (χ0) is 27.3. The maximum atomic E-state index is 14.0. The molecule has 0 saturated carbocycles. The summed E-state index contributed by atoms with van der Waals surface area (Å²) in [6.07, 6.45) is -0.255. The summed E-state index contributed by atoms with van der Waals surface area (Å²) >= 11 is 0. The molecule has 38 heavy (non-hydrogen) atoms. The van der Waals surface area contributed by atoms with Crippen LogP contribution in [0.25, 0.3) is 21.9 Å². The van der Waals surface area contributed by atoms with Crippen LogP contribution in [0.3, 0.4) is 0 Å². The average molecular weight is 540 g/mol. The number of amides is 1. The molecule has 2 heterocycles. The van der Waals surface area contributed by atoms with Gasteiger partial charge in [-0.3, -0.25) is 9.32 Å². The van der Waals surface area contributed by atoms with E-state index in [9.17, 15) is 9.36 Å². The molecule has 0 bridgehead atoms. The van der Waals surface area contributed by atoms with Crippen LogP contribution < -0.4 is 16.0 Å². The Morgan fingerprint density at radius 2 is 1.79 bits per heavy atom. The minimum absolute atomic E-state index is 0.0343. The SMILES string of the molecule is CCOCc1nc2c(N)nc3ccccc3c2n1C[C@H](C)OP(=O)(CC[C@@H](C)C(N)=O)Oc1ccccc1. The number of pyridine rings is 1. The number of para-hydroxylation sites is 2. The van der Waals surface area contributed by atoms with Gasteiger partial charge in [0.25, 0.3) is 0 Å². The largest absolute Gasteiger partial charge is 0.424 e. The van der Waals surface area contributed by atoms with Gasteiger partial charge in [0.2, 0.25) is 5.91 Å². The molecular formula is C27H34N5O5P. The van der Waals surface area contributed by atoms with Gasteiger partial charge < -0.3 is 25.3 Å². The molecule has 202 valence electrons. The molecule has 0 aliphatic heterocycles. The number of benzene rings is 2. The molecule has 3 atom stereocenters. The quantitative estimate of drug-likeness (QED) is 0.229. The smallest absolute Gasteiger partial charge is 0.379 e. The lowest BCUT2D eigenvalue weighted by Crippen LogP contribution is -2.23. The van der Waals surface area contributed by atoms with Crippen molar-refractivity contribution in [1.29, 1.82) is 0 Å². The van der Waals surface area contributed by atoms with E-state index in [1.165, 1.54) is 0 Å². The first-order valence-electron chi connectivity index (χ1n) is 12.6. The summed E-state index contributed by atoms with van der Waals surface area (Å²) in [4.78, 5) is 20.9. The highest BCUT2D eigenvalue weighted by molar-refractivity contribution is 7.54. The number of fused-ring (bicyclic) bond motifs is 3. The van der Waals surface area contributed by atoms with Gasteiger partial charge in [0.15, 0.2) is 5.82 Å². The van der Waals surface area contributed by atoms with E-state index in [-0.39, 0.29) is 19.2 Å². The second-order valence-corrected chi connectivity index (χ2v) is 11.3. The number of nitrogens with zero attached hydrogens (tertiary/aromatic N) is 3. The van der Waals surface area contributed by atoms with Crippen molar-refractivity contribution in [3.05, 3.63) is 60.4 Å². The van der Waals surface area contributed by atoms with Gasteiger partial charge in [-0.25, -0.2) is 14.5 Å². The highest BCUT2D eigenvalue weighted by atomic mass is 31.2. The van der Waals surface area contributed by atoms with Crippen LogP contribution in [0.2, 0.25) is 0 Å². The Balaban J connectivity index is 1.68. The molecule has 0 saturated heterocycles. The molecule has 0 fully saturated rings. The van der Waals surface area contributed by atoms with Crippen LogP contribution in [0.15, 0.2) is 54.6 Å². The van der Waals surface area contributed by atoms with Gasteiger partial charge in [-0.15, -0.1) is 0 Å². The molecule has 1 amide bonds. The van der Waals surface area contributed by atoms with Crippen molar-refractivity contribution in [2.24, 2.45) is 11.7 Å². The Morgan fingerprint density at radius 1 is 1.08 bits per heavy atom. The molecule has 2 aromatic heterocycles. The molecule has 2 aromatic carbocycles. The summed E-state index contributed by atoms with van der Waals surface area (Å²) in [6.45, 7) is 6.51. The molecule has 0 aliphatic rings. The van der Waals surface area contributed by atoms with Gasteiger partial charge in [-0.05, 0) is 38.5 Å². The number of ether oxygens (including phenoxy) is 1. The van der Waals surface area contributed by atoms with Crippen molar-refractivity contribution in [1.82, 2.24) is 14.5 Å². The Labute approximate surface area is 221 Å². The van der Waals surface area contributed by atoms with Crippen LogP contribution >= 0.6 is 7.60 Å². The standard InChI is InChI=1S/C27H34N5O5P/c1-4-35-17-23-31-24-25(21-12-8-9-13-22(21)30-26(24)28)32(23)16-19(3)36-38(34,15-14-18(2)27(29)33)37-20-10-6-5-7-11-20/h5-13,18-19H,4,14-17H2,1-3H3,(H2,28,30)(H2,29,33)/t18-,19+,38?/m1/s1. The summed E-state index contributed by atoms with van der Waals surface area (Å²) in [5.41, 5.74) is 13.8. The van der Waals surface area contributed by atoms with Crippen LogP contribution in [-0.2, 0) is 31.8 Å². The van der Waals surface area contributed by atoms with Crippen molar-refractivity contribution in [3.63, 3.8) is 0 Å². The Kier molecular flexibility index (Phi) is 8.66. The third-order valence-corrected chi connectivity index (χ3v) is 8.19. The van der Waals surface area contributed by atoms with Crippen LogP contribution in [0, 0.1) is 5.92 Å². The Hall–Kier alpha value is -3.46. The van der Waals surface area contributed by atoms with E-state index in [2.05, 4.69) is 4.98 Å². The summed E-state index contributed by atoms with van der Waals surface area (Å²) in [5.74, 6) is 0.460. The first-order valence-corrected chi connectivity index (χ1v) is 14.4. The van der Waals surface area contributed by atoms with Crippen molar-refractivity contribution in [3.8, 4) is 5.75 Å². The predicted octanol–water partition coefficient (Wildman–Crippen LogP) is 4.89. The second-order valence-electron chi connectivity index (χ2n) is 9.23. The van der Waals surface area contributed by atoms with Gasteiger partial charge >= 0.3 is 7.60 Å². The number of nitrogen functional groups attached to an aromatic ring is 1. The minimum Gasteiger partial charge on any atom is -0.424 e. The first-order chi connectivity index (χ1) is 18.2. The minimum atomic E-state index is -3.67. The lowest BCUT2D eigenvalue weighted by Gasteiger charge is -2.25. The van der Waals surface area contributed by atoms with Crippen molar-refractivity contribution in [2.75, 3.05) is 18.5 Å². The van der Waals surface area contributed by atoms with Gasteiger partial charge in [-0.1, -0.05) is 43.3 Å². The number of nitrogens with two attached hydrogens (primary N) is 2. The number of anilines is 1. The monoisotopic (exact) mass is 539 g/mol. The Bertz CT molecular complexity index is 1460. The van der Waals surface area contributed by atoms with Crippen molar-refractivity contribution < 1.29 is 23.1 Å². The van der Waals surface area contributed by atoms with E-state index in [0.717, 1.165) is 16.4 Å². The third-order valence-electron chi connectivity index (χ3n) is 6.21. The van der Waals surface area contributed by atoms with Gasteiger partial charge in [0.05, 0.1) is 29.8 Å². The predicted molar refractivity (Wildman–Crippen MR) is 148 cm³/mol. The fraction of sp³-hybridized carbons (Fsp3) is 0.370. The molecular weight excluding hydrogens is 505 g/mol. The van der Waals surface area contributed by atoms with Crippen LogP contribution in [-0.4, -0.2) is 39.3 Å². The molecule has 4 rings (SSSR count). The van der Waals surface area contributed by atoms with Crippen LogP contribution in [0.5, 0.6) is 5.75 Å². The topological polar surface area (TPSA) is 145 Å². The lowest BCUT2D eigenvalue weighted by atomic mass is 10.1. The normalized spacial score (nSPS) is 14.8. The number of rotatable bonds is 13. The van der Waals surface area contributed by atoms with E-state index >= 15 is 0 Å². The fourth-order valence-corrected chi connectivity index (χ4v) is 6.23. The summed E-state index contributed by atoms with van der Waals surface area (Å²) in [6, 6.07) is 16.5. The molecule has 10 nitrogen and oxygen atoms in total. The number of aromatic nitrogens is 3. The molecule has 4 N–H and O–H groups in total. The van der Waals surface area contributed by atoms with E-state index in [0.29, 0.717) is 36.1 Å². The molecule has 0 aliphatic carbocycles. The van der Waals surface area contributed by atoms with Crippen molar-refractivity contribution in [2.45, 2.75) is 46.4 Å². The number of primary amides is 1. The summed E-state index contributed by atoms with van der Waals surface area (Å²) in [5, 5.41) is 0.887. The van der Waals surface area contributed by atoms with E-state index < -0.39 is 25.5 Å². The molecule has 0 radical (unpaired) electrons. The average Bonchev–Trinajstić information content (AvgIpc) is 3.25. The first kappa shape index (κ1) is 27.6. The number of carbonyl (C=O) groups excluding carboxylic acids is 1. The van der Waals surface area contributed by atoms with Gasteiger partial charge in [0.1, 0.15) is 23.7 Å². The molecule has 4 aromatic rings. The number of hydrogen-bond acceptors (Lipinski definition) is 8. The molecule has 0 spiro atoms. The number of hydrogen-bond donors (Lipinski definition) is 2. The van der Waals surface area contributed by atoms with Gasteiger partial charge in [0, 0.05) is 17.9 Å². The maximum absolute atomic E-state index is 14.0.